The highest BCUT2D eigenvalue weighted by atomic mass is 16.5. The average molecular weight is 375 g/mol. The molecule has 28 heavy (non-hydrogen) atoms. The summed E-state index contributed by atoms with van der Waals surface area (Å²) in [7, 11) is 0. The Bertz CT molecular complexity index is 1000. The van der Waals surface area contributed by atoms with Gasteiger partial charge in [-0.1, -0.05) is 18.2 Å². The van der Waals surface area contributed by atoms with Crippen molar-refractivity contribution in [1.82, 2.24) is 0 Å². The van der Waals surface area contributed by atoms with Crippen molar-refractivity contribution in [3.8, 4) is 5.75 Å². The third kappa shape index (κ3) is 2.06. The highest BCUT2D eigenvalue weighted by Gasteiger charge is 2.67. The number of carbonyl (C=O) groups is 3. The molecule has 0 N–H and O–H groups in total. The Labute approximate surface area is 160 Å². The summed E-state index contributed by atoms with van der Waals surface area (Å²) in [4.78, 5) is 39.7. The Balaban J connectivity index is 1.30. The van der Waals surface area contributed by atoms with Gasteiger partial charge in [-0.05, 0) is 54.4 Å². The lowest BCUT2D eigenvalue weighted by molar-refractivity contribution is -0.124. The molecule has 1 saturated heterocycles. The molecule has 1 aliphatic heterocycles. The molecule has 2 heterocycles. The van der Waals surface area contributed by atoms with Crippen LogP contribution in [0.2, 0.25) is 0 Å². The maximum absolute atomic E-state index is 13.2. The third-order valence-electron chi connectivity index (χ3n) is 6.67. The summed E-state index contributed by atoms with van der Waals surface area (Å²) in [6, 6.07) is 9.66. The summed E-state index contributed by atoms with van der Waals surface area (Å²) in [5, 5.41) is 0. The normalized spacial score (nSPS) is 34.4. The molecule has 1 aromatic heterocycles. The molecule has 2 saturated carbocycles. The number of imide groups is 1. The largest absolute Gasteiger partial charge is 0.457 e. The maximum atomic E-state index is 13.2. The van der Waals surface area contributed by atoms with Crippen molar-refractivity contribution in [3.63, 3.8) is 0 Å². The van der Waals surface area contributed by atoms with E-state index in [-0.39, 0.29) is 47.0 Å². The number of anilines is 1. The molecule has 0 spiro atoms. The predicted molar refractivity (Wildman–Crippen MR) is 97.3 cm³/mol. The summed E-state index contributed by atoms with van der Waals surface area (Å²) in [6.07, 6.45) is 6.82. The molecule has 1 aromatic carbocycles. The molecule has 7 rings (SSSR count). The number of carbonyl (C=O) groups excluding carboxylic acids is 3. The summed E-state index contributed by atoms with van der Waals surface area (Å²) in [5.74, 6) is 0.455. The Morgan fingerprint density at radius 1 is 1.00 bits per heavy atom. The van der Waals surface area contributed by atoms with Gasteiger partial charge in [-0.15, -0.1) is 0 Å². The van der Waals surface area contributed by atoms with Gasteiger partial charge in [0.05, 0.1) is 23.8 Å². The monoisotopic (exact) mass is 375 g/mol. The summed E-state index contributed by atoms with van der Waals surface area (Å²) < 4.78 is 10.4. The topological polar surface area (TPSA) is 76.8 Å². The van der Waals surface area contributed by atoms with Crippen molar-refractivity contribution < 1.29 is 23.5 Å². The summed E-state index contributed by atoms with van der Waals surface area (Å²) >= 11 is 0. The number of esters is 1. The highest BCUT2D eigenvalue weighted by Crippen LogP contribution is 2.65. The van der Waals surface area contributed by atoms with E-state index in [1.807, 2.05) is 0 Å². The van der Waals surface area contributed by atoms with Gasteiger partial charge in [0.25, 0.3) is 0 Å². The van der Waals surface area contributed by atoms with Crippen LogP contribution >= 0.6 is 0 Å². The SMILES string of the molecule is O=C(Oc1cccc(N2C(=O)[C@@H]3[C@H]4C=C[C@@H]([C@@H]5C[C@@H]45)[C@H]3C2=O)c1)c1ccco1. The average Bonchev–Trinajstić information content (AvgIpc) is 3.26. The smallest absolute Gasteiger partial charge is 0.379 e. The molecular formula is C22H17NO5. The summed E-state index contributed by atoms with van der Waals surface area (Å²) in [6.45, 7) is 0. The number of amides is 2. The number of furan rings is 1. The number of nitrogens with zero attached hydrogens (tertiary/aromatic N) is 1. The van der Waals surface area contributed by atoms with Gasteiger partial charge in [0.2, 0.25) is 17.6 Å². The minimum atomic E-state index is -0.628. The minimum absolute atomic E-state index is 0.0895. The standard InChI is InChI=1S/C22H17NO5/c24-20-18-13-6-7-14(16-10-15(13)16)19(18)21(25)23(20)11-3-1-4-12(9-11)28-22(26)17-5-2-8-27-17/h1-9,13-16,18-19H,10H2/t13-,14-,15-,16-,18+,19+/m0/s1. The van der Waals surface area contributed by atoms with E-state index in [1.54, 1.807) is 30.3 Å². The van der Waals surface area contributed by atoms with Crippen molar-refractivity contribution in [1.29, 1.82) is 0 Å². The van der Waals surface area contributed by atoms with Crippen molar-refractivity contribution >= 4 is 23.5 Å². The van der Waals surface area contributed by atoms with Crippen LogP contribution in [0.15, 0.2) is 59.2 Å². The Kier molecular flexibility index (Phi) is 3.08. The molecule has 5 aliphatic rings. The van der Waals surface area contributed by atoms with Gasteiger partial charge in [-0.25, -0.2) is 9.69 Å². The van der Waals surface area contributed by atoms with Gasteiger partial charge in [0.1, 0.15) is 5.75 Å². The molecule has 2 aromatic rings. The van der Waals surface area contributed by atoms with E-state index in [4.69, 9.17) is 9.15 Å². The lowest BCUT2D eigenvalue weighted by atomic mass is 9.63. The van der Waals surface area contributed by atoms with E-state index >= 15 is 0 Å². The lowest BCUT2D eigenvalue weighted by Crippen LogP contribution is -2.40. The van der Waals surface area contributed by atoms with Crippen molar-refractivity contribution in [2.45, 2.75) is 6.42 Å². The maximum Gasteiger partial charge on any atom is 0.379 e. The molecule has 6 heteroatoms. The minimum Gasteiger partial charge on any atom is -0.457 e. The van der Waals surface area contributed by atoms with Gasteiger partial charge in [0, 0.05) is 6.07 Å². The molecule has 0 unspecified atom stereocenters. The van der Waals surface area contributed by atoms with Gasteiger partial charge in [0.15, 0.2) is 0 Å². The molecule has 2 bridgehead atoms. The molecule has 2 amide bonds. The zero-order valence-electron chi connectivity index (χ0n) is 14.9. The quantitative estimate of drug-likeness (QED) is 0.357. The van der Waals surface area contributed by atoms with Crippen LogP contribution < -0.4 is 9.64 Å². The van der Waals surface area contributed by atoms with Crippen LogP contribution in [0.3, 0.4) is 0 Å². The second-order valence-corrected chi connectivity index (χ2v) is 8.03. The van der Waals surface area contributed by atoms with E-state index in [2.05, 4.69) is 12.2 Å². The first-order valence-electron chi connectivity index (χ1n) is 9.55. The molecule has 3 fully saturated rings. The van der Waals surface area contributed by atoms with Crippen molar-refractivity contribution in [2.75, 3.05) is 4.90 Å². The first kappa shape index (κ1) is 15.9. The van der Waals surface area contributed by atoms with Crippen LogP contribution in [0, 0.1) is 35.5 Å². The Hall–Kier alpha value is -3.15. The van der Waals surface area contributed by atoms with Gasteiger partial charge in [-0.3, -0.25) is 9.59 Å². The fraction of sp³-hybridized carbons (Fsp3) is 0.318. The fourth-order valence-corrected chi connectivity index (χ4v) is 5.45. The lowest BCUT2D eigenvalue weighted by Gasteiger charge is -2.37. The number of benzene rings is 1. The van der Waals surface area contributed by atoms with E-state index in [1.165, 1.54) is 17.2 Å². The van der Waals surface area contributed by atoms with Crippen LogP contribution in [0.25, 0.3) is 0 Å². The van der Waals surface area contributed by atoms with Gasteiger partial charge >= 0.3 is 5.97 Å². The van der Waals surface area contributed by atoms with E-state index in [0.29, 0.717) is 17.5 Å². The van der Waals surface area contributed by atoms with Gasteiger partial charge in [-0.2, -0.15) is 0 Å². The molecular weight excluding hydrogens is 358 g/mol. The first-order valence-corrected chi connectivity index (χ1v) is 9.55. The first-order chi connectivity index (χ1) is 13.6. The number of rotatable bonds is 3. The number of hydrogen-bond donors (Lipinski definition) is 0. The van der Waals surface area contributed by atoms with Crippen LogP contribution in [0.1, 0.15) is 17.0 Å². The molecule has 6 atom stereocenters. The zero-order chi connectivity index (χ0) is 19.0. The van der Waals surface area contributed by atoms with Crippen LogP contribution in [0.5, 0.6) is 5.75 Å². The highest BCUT2D eigenvalue weighted by molar-refractivity contribution is 6.22. The number of ether oxygens (including phenoxy) is 1. The summed E-state index contributed by atoms with van der Waals surface area (Å²) in [5.41, 5.74) is 0.446. The fourth-order valence-electron chi connectivity index (χ4n) is 5.45. The molecule has 4 aliphatic carbocycles. The van der Waals surface area contributed by atoms with Crippen LogP contribution in [-0.2, 0) is 9.59 Å². The molecule has 140 valence electrons. The Morgan fingerprint density at radius 2 is 1.71 bits per heavy atom. The van der Waals surface area contributed by atoms with E-state index in [9.17, 15) is 14.4 Å². The second-order valence-electron chi connectivity index (χ2n) is 8.03. The predicted octanol–water partition coefficient (Wildman–Crippen LogP) is 3.06. The van der Waals surface area contributed by atoms with Crippen molar-refractivity contribution in [2.24, 2.45) is 35.5 Å². The van der Waals surface area contributed by atoms with E-state index < -0.39 is 5.97 Å². The zero-order valence-corrected chi connectivity index (χ0v) is 14.9. The Morgan fingerprint density at radius 3 is 2.36 bits per heavy atom. The molecule has 6 nitrogen and oxygen atoms in total. The second kappa shape index (κ2) is 5.44. The van der Waals surface area contributed by atoms with Crippen molar-refractivity contribution in [3.05, 3.63) is 60.6 Å². The molecule has 0 radical (unpaired) electrons. The van der Waals surface area contributed by atoms with E-state index in [0.717, 1.165) is 6.42 Å². The third-order valence-corrected chi connectivity index (χ3v) is 6.67. The van der Waals surface area contributed by atoms with Crippen LogP contribution in [-0.4, -0.2) is 17.8 Å². The van der Waals surface area contributed by atoms with Crippen LogP contribution in [0.4, 0.5) is 5.69 Å². The van der Waals surface area contributed by atoms with Gasteiger partial charge < -0.3 is 9.15 Å². The number of hydrogen-bond acceptors (Lipinski definition) is 5. The number of allylic oxidation sites excluding steroid dienone is 2.